The summed E-state index contributed by atoms with van der Waals surface area (Å²) in [6.45, 7) is 3.43. The molecule has 0 N–H and O–H groups in total. The van der Waals surface area contributed by atoms with Gasteiger partial charge in [0.15, 0.2) is 5.78 Å². The molecule has 22 heavy (non-hydrogen) atoms. The average molecular weight is 417 g/mol. The summed E-state index contributed by atoms with van der Waals surface area (Å²) in [5.41, 5.74) is 1.34. The minimum Gasteiger partial charge on any atom is -0.288 e. The van der Waals surface area contributed by atoms with Gasteiger partial charge in [-0.05, 0) is 37.1 Å². The molecule has 0 unspecified atom stereocenters. The predicted octanol–water partition coefficient (Wildman–Crippen LogP) is 7.45. The van der Waals surface area contributed by atoms with Crippen LogP contribution in [0.1, 0.15) is 27.0 Å². The Morgan fingerprint density at radius 3 is 1.32 bits per heavy atom. The van der Waals surface area contributed by atoms with Crippen molar-refractivity contribution in [1.29, 1.82) is 0 Å². The topological polar surface area (TPSA) is 17.1 Å². The monoisotopic (exact) mass is 414 g/mol. The number of carbonyl (C=O) groups is 1. The van der Waals surface area contributed by atoms with Crippen molar-refractivity contribution in [2.75, 3.05) is 0 Å². The molecule has 116 valence electrons. The standard InChI is InChI=1S/C15H8Cl6O/c1-5-3-7(16)13(20)9(11(5)18)15(22)10-12(19)6(2)4-8(17)14(10)21/h3-4H,1-2H3. The van der Waals surface area contributed by atoms with Crippen molar-refractivity contribution in [3.63, 3.8) is 0 Å². The lowest BCUT2D eigenvalue weighted by molar-refractivity contribution is 0.103. The Hall–Kier alpha value is -0.150. The predicted molar refractivity (Wildman–Crippen MR) is 95.9 cm³/mol. The molecule has 0 radical (unpaired) electrons. The van der Waals surface area contributed by atoms with Gasteiger partial charge in [-0.3, -0.25) is 4.79 Å². The number of benzene rings is 2. The normalized spacial score (nSPS) is 10.9. The second-order valence-electron chi connectivity index (χ2n) is 4.69. The van der Waals surface area contributed by atoms with Gasteiger partial charge in [-0.2, -0.15) is 0 Å². The number of aryl methyl sites for hydroxylation is 2. The Labute approximate surface area is 158 Å². The van der Waals surface area contributed by atoms with E-state index < -0.39 is 5.78 Å². The third-order valence-corrected chi connectivity index (χ3v) is 5.68. The van der Waals surface area contributed by atoms with Gasteiger partial charge < -0.3 is 0 Å². The Balaban J connectivity index is 2.80. The van der Waals surface area contributed by atoms with E-state index in [4.69, 9.17) is 69.6 Å². The number of hydrogen-bond acceptors (Lipinski definition) is 1. The molecule has 0 saturated carbocycles. The SMILES string of the molecule is Cc1cc(Cl)c(Cl)c(C(=O)c2c(Cl)c(C)cc(Cl)c2Cl)c1Cl. The molecule has 1 nitrogen and oxygen atoms in total. The minimum atomic E-state index is -0.527. The molecule has 2 rings (SSSR count). The minimum absolute atomic E-state index is 0.0482. The second kappa shape index (κ2) is 6.76. The molecule has 0 fully saturated rings. The van der Waals surface area contributed by atoms with E-state index in [0.717, 1.165) is 0 Å². The number of carbonyl (C=O) groups excluding carboxylic acids is 1. The average Bonchev–Trinajstić information content (AvgIpc) is 2.44. The first-order valence-corrected chi connectivity index (χ1v) is 8.26. The summed E-state index contributed by atoms with van der Waals surface area (Å²) < 4.78 is 0. The third-order valence-electron chi connectivity index (χ3n) is 3.13. The second-order valence-corrected chi connectivity index (χ2v) is 7.01. The number of halogens is 6. The van der Waals surface area contributed by atoms with E-state index in [1.807, 2.05) is 0 Å². The summed E-state index contributed by atoms with van der Waals surface area (Å²) in [6, 6.07) is 3.16. The molecule has 0 aliphatic rings. The highest BCUT2D eigenvalue weighted by molar-refractivity contribution is 6.51. The molecule has 0 atom stereocenters. The molecule has 0 heterocycles. The van der Waals surface area contributed by atoms with Crippen LogP contribution in [0.4, 0.5) is 0 Å². The van der Waals surface area contributed by atoms with E-state index in [0.29, 0.717) is 11.1 Å². The van der Waals surface area contributed by atoms with E-state index in [-0.39, 0.29) is 41.3 Å². The molecule has 0 aliphatic heterocycles. The summed E-state index contributed by atoms with van der Waals surface area (Å²) in [5, 5.41) is 0.934. The Morgan fingerprint density at radius 1 is 0.682 bits per heavy atom. The summed E-state index contributed by atoms with van der Waals surface area (Å²) in [6.07, 6.45) is 0. The maximum absolute atomic E-state index is 12.9. The van der Waals surface area contributed by atoms with Crippen molar-refractivity contribution in [2.45, 2.75) is 13.8 Å². The van der Waals surface area contributed by atoms with Crippen LogP contribution in [-0.2, 0) is 0 Å². The van der Waals surface area contributed by atoms with Crippen LogP contribution in [0.15, 0.2) is 12.1 Å². The van der Waals surface area contributed by atoms with Crippen molar-refractivity contribution in [3.05, 3.63) is 64.5 Å². The smallest absolute Gasteiger partial charge is 0.199 e. The van der Waals surface area contributed by atoms with E-state index in [2.05, 4.69) is 0 Å². The third kappa shape index (κ3) is 3.08. The molecular weight excluding hydrogens is 409 g/mol. The van der Waals surface area contributed by atoms with Crippen molar-refractivity contribution >= 4 is 75.4 Å². The Kier molecular flexibility index (Phi) is 5.59. The van der Waals surface area contributed by atoms with Crippen molar-refractivity contribution in [2.24, 2.45) is 0 Å². The lowest BCUT2D eigenvalue weighted by atomic mass is 9.99. The fourth-order valence-electron chi connectivity index (χ4n) is 1.98. The van der Waals surface area contributed by atoms with Crippen LogP contribution in [0, 0.1) is 13.8 Å². The van der Waals surface area contributed by atoms with E-state index >= 15 is 0 Å². The summed E-state index contributed by atoms with van der Waals surface area (Å²) in [7, 11) is 0. The Morgan fingerprint density at radius 2 is 1.00 bits per heavy atom. The maximum atomic E-state index is 12.9. The molecule has 0 saturated heterocycles. The molecule has 0 amide bonds. The van der Waals surface area contributed by atoms with Gasteiger partial charge in [0.05, 0.1) is 41.3 Å². The van der Waals surface area contributed by atoms with E-state index in [1.54, 1.807) is 26.0 Å². The van der Waals surface area contributed by atoms with Crippen LogP contribution in [-0.4, -0.2) is 5.78 Å². The van der Waals surface area contributed by atoms with Crippen molar-refractivity contribution in [3.8, 4) is 0 Å². The van der Waals surface area contributed by atoms with Gasteiger partial charge in [0.1, 0.15) is 0 Å². The highest BCUT2D eigenvalue weighted by Crippen LogP contribution is 2.40. The van der Waals surface area contributed by atoms with Crippen LogP contribution in [0.5, 0.6) is 0 Å². The zero-order chi connectivity index (χ0) is 16.8. The van der Waals surface area contributed by atoms with Crippen molar-refractivity contribution < 1.29 is 4.79 Å². The summed E-state index contributed by atoms with van der Waals surface area (Å²) in [5.74, 6) is -0.527. The first-order valence-electron chi connectivity index (χ1n) is 5.99. The zero-order valence-electron chi connectivity index (χ0n) is 11.3. The van der Waals surface area contributed by atoms with Crippen molar-refractivity contribution in [1.82, 2.24) is 0 Å². The number of hydrogen-bond donors (Lipinski definition) is 0. The highest BCUT2D eigenvalue weighted by Gasteiger charge is 2.26. The van der Waals surface area contributed by atoms with Crippen LogP contribution >= 0.6 is 69.6 Å². The number of ketones is 1. The molecule has 0 bridgehead atoms. The van der Waals surface area contributed by atoms with E-state index in [1.165, 1.54) is 0 Å². The quantitative estimate of drug-likeness (QED) is 0.367. The van der Waals surface area contributed by atoms with Crippen LogP contribution in [0.2, 0.25) is 30.1 Å². The largest absolute Gasteiger partial charge is 0.288 e. The van der Waals surface area contributed by atoms with Gasteiger partial charge in [-0.25, -0.2) is 0 Å². The molecular formula is C15H8Cl6O. The highest BCUT2D eigenvalue weighted by atomic mass is 35.5. The first kappa shape index (κ1) is 18.2. The molecule has 0 spiro atoms. The molecule has 0 aliphatic carbocycles. The van der Waals surface area contributed by atoms with Gasteiger partial charge in [-0.15, -0.1) is 0 Å². The van der Waals surface area contributed by atoms with Gasteiger partial charge in [-0.1, -0.05) is 69.6 Å². The molecule has 2 aromatic rings. The Bertz CT molecular complexity index is 680. The van der Waals surface area contributed by atoms with Gasteiger partial charge in [0.25, 0.3) is 0 Å². The lowest BCUT2D eigenvalue weighted by Crippen LogP contribution is -2.07. The fourth-order valence-corrected chi connectivity index (χ4v) is 3.54. The number of rotatable bonds is 2. The molecule has 0 aromatic heterocycles. The van der Waals surface area contributed by atoms with Gasteiger partial charge in [0, 0.05) is 0 Å². The van der Waals surface area contributed by atoms with Crippen LogP contribution in [0.25, 0.3) is 0 Å². The van der Waals surface area contributed by atoms with Crippen LogP contribution in [0.3, 0.4) is 0 Å². The molecule has 7 heteroatoms. The van der Waals surface area contributed by atoms with Crippen LogP contribution < -0.4 is 0 Å². The van der Waals surface area contributed by atoms with E-state index in [9.17, 15) is 4.79 Å². The summed E-state index contributed by atoms with van der Waals surface area (Å²) in [4.78, 5) is 12.9. The first-order chi connectivity index (χ1) is 10.2. The summed E-state index contributed by atoms with van der Waals surface area (Å²) >= 11 is 36.8. The molecule has 2 aromatic carbocycles. The lowest BCUT2D eigenvalue weighted by Gasteiger charge is -2.14. The zero-order valence-corrected chi connectivity index (χ0v) is 15.9. The van der Waals surface area contributed by atoms with Gasteiger partial charge >= 0.3 is 0 Å². The maximum Gasteiger partial charge on any atom is 0.199 e. The fraction of sp³-hybridized carbons (Fsp3) is 0.133. The van der Waals surface area contributed by atoms with Gasteiger partial charge in [0.2, 0.25) is 0 Å².